The van der Waals surface area contributed by atoms with E-state index < -0.39 is 18.5 Å². The Morgan fingerprint density at radius 3 is 2.52 bits per heavy atom. The predicted molar refractivity (Wildman–Crippen MR) is 144 cm³/mol. The first-order valence-corrected chi connectivity index (χ1v) is 15.5. The highest BCUT2D eigenvalue weighted by Crippen LogP contribution is 2.38. The number of likely N-dealkylation sites (tertiary alicyclic amines) is 1. The summed E-state index contributed by atoms with van der Waals surface area (Å²) in [5.74, 6) is 0.0297. The Hall–Kier alpha value is -0.870. The van der Waals surface area contributed by atoms with Gasteiger partial charge in [0.1, 0.15) is 5.50 Å². The van der Waals surface area contributed by atoms with Crippen LogP contribution in [0.1, 0.15) is 32.6 Å². The molecule has 0 saturated carbocycles. The second-order valence-corrected chi connectivity index (χ2v) is 13.5. The summed E-state index contributed by atoms with van der Waals surface area (Å²) in [5, 5.41) is 16.4. The predicted octanol–water partition coefficient (Wildman–Crippen LogP) is 0.763. The summed E-state index contributed by atoms with van der Waals surface area (Å²) in [4.78, 5) is 28.4. The molecule has 0 aliphatic carbocycles. The second-order valence-electron chi connectivity index (χ2n) is 11.7. The highest BCUT2D eigenvalue weighted by Gasteiger charge is 2.47. The Morgan fingerprint density at radius 1 is 1.05 bits per heavy atom. The van der Waals surface area contributed by atoms with Crippen molar-refractivity contribution in [2.24, 2.45) is 17.8 Å². The number of rotatable bonds is 6. The van der Waals surface area contributed by atoms with E-state index in [2.05, 4.69) is 38.2 Å². The fourth-order valence-corrected chi connectivity index (χ4v) is 8.70. The van der Waals surface area contributed by atoms with Gasteiger partial charge in [-0.15, -0.1) is 36.5 Å². The highest BCUT2D eigenvalue weighted by molar-refractivity contribution is 8.00. The molecule has 0 aromatic rings. The van der Waals surface area contributed by atoms with Crippen LogP contribution in [-0.2, 0) is 19.1 Å². The van der Waals surface area contributed by atoms with Gasteiger partial charge in [0.15, 0.2) is 0 Å². The number of carbonyl (C=O) groups is 2. The van der Waals surface area contributed by atoms with Gasteiger partial charge in [-0.1, -0.05) is 0 Å². The highest BCUT2D eigenvalue weighted by atomic mass is 35.5. The topological polar surface area (TPSA) is 116 Å². The summed E-state index contributed by atoms with van der Waals surface area (Å²) in [6.45, 7) is 4.42. The maximum Gasteiger partial charge on any atom is 0.522 e. The maximum absolute atomic E-state index is 13.6. The molecule has 10 nitrogen and oxygen atoms in total. The first-order valence-electron chi connectivity index (χ1n) is 14.1. The van der Waals surface area contributed by atoms with Gasteiger partial charge in [0.05, 0.1) is 29.7 Å². The van der Waals surface area contributed by atoms with Gasteiger partial charge in [-0.05, 0) is 44.4 Å². The van der Waals surface area contributed by atoms with Gasteiger partial charge in [-0.25, -0.2) is 0 Å². The molecule has 5 N–H and O–H groups in total. The molecule has 0 radical (unpaired) electrons. The number of ether oxygens (including phenoxy) is 2. The monoisotopic (exact) mass is 612 g/mol. The Morgan fingerprint density at radius 2 is 1.85 bits per heavy atom. The molecule has 5 heterocycles. The lowest BCUT2D eigenvalue weighted by Crippen LogP contribution is -2.57. The van der Waals surface area contributed by atoms with Crippen molar-refractivity contribution in [1.82, 2.24) is 31.5 Å². The molecule has 5 aliphatic rings. The van der Waals surface area contributed by atoms with E-state index in [-0.39, 0.29) is 70.9 Å². The molecule has 5 aliphatic heterocycles. The Balaban J connectivity index is 1.11. The average molecular weight is 613 g/mol. The van der Waals surface area contributed by atoms with Crippen molar-refractivity contribution < 1.29 is 32.2 Å². The van der Waals surface area contributed by atoms with Crippen molar-refractivity contribution in [1.29, 1.82) is 0 Å². The fraction of sp³-hybridized carbons (Fsp3) is 0.920. The molecule has 228 valence electrons. The van der Waals surface area contributed by atoms with Crippen LogP contribution in [-0.4, -0.2) is 109 Å². The molecular formula is C25H40ClF3N6O4S. The minimum absolute atomic E-state index is 0.00356. The number of hydrogen-bond donors (Lipinski definition) is 5. The molecule has 0 aromatic heterocycles. The van der Waals surface area contributed by atoms with E-state index in [4.69, 9.17) is 16.3 Å². The number of carbonyl (C=O) groups excluding carboxylic acids is 2. The van der Waals surface area contributed by atoms with E-state index >= 15 is 0 Å². The summed E-state index contributed by atoms with van der Waals surface area (Å²) in [6.07, 6.45) is -3.55. The van der Waals surface area contributed by atoms with Gasteiger partial charge in [-0.2, -0.15) is 0 Å². The number of nitrogens with one attached hydrogen (secondary N) is 5. The molecule has 0 aromatic carbocycles. The molecule has 15 heteroatoms. The summed E-state index contributed by atoms with van der Waals surface area (Å²) < 4.78 is 47.3. The third kappa shape index (κ3) is 7.19. The van der Waals surface area contributed by atoms with Crippen LogP contribution >= 0.6 is 23.4 Å². The van der Waals surface area contributed by atoms with Crippen LogP contribution in [0.4, 0.5) is 13.2 Å². The van der Waals surface area contributed by atoms with E-state index in [0.717, 1.165) is 12.8 Å². The number of alkyl halides is 4. The van der Waals surface area contributed by atoms with Gasteiger partial charge < -0.3 is 25.6 Å². The smallest absolute Gasteiger partial charge is 0.380 e. The van der Waals surface area contributed by atoms with Crippen molar-refractivity contribution in [3.8, 4) is 0 Å². The lowest BCUT2D eigenvalue weighted by molar-refractivity contribution is -0.343. The third-order valence-corrected chi connectivity index (χ3v) is 10.7. The fourth-order valence-electron chi connectivity index (χ4n) is 7.00. The van der Waals surface area contributed by atoms with E-state index in [1.165, 1.54) is 0 Å². The Kier molecular flexibility index (Phi) is 9.77. The van der Waals surface area contributed by atoms with Gasteiger partial charge in [-0.3, -0.25) is 25.0 Å². The number of hydrogen-bond acceptors (Lipinski definition) is 9. The van der Waals surface area contributed by atoms with Crippen LogP contribution in [0.5, 0.6) is 0 Å². The van der Waals surface area contributed by atoms with Gasteiger partial charge in [0.2, 0.25) is 11.8 Å². The van der Waals surface area contributed by atoms with Crippen LogP contribution in [0.2, 0.25) is 0 Å². The molecule has 5 saturated heterocycles. The van der Waals surface area contributed by atoms with Crippen molar-refractivity contribution in [2.75, 3.05) is 39.8 Å². The van der Waals surface area contributed by atoms with Crippen LogP contribution in [0, 0.1) is 17.8 Å². The maximum atomic E-state index is 13.6. The second kappa shape index (κ2) is 12.8. The van der Waals surface area contributed by atoms with E-state index in [1.807, 2.05) is 0 Å². The number of piperidine rings is 3. The Labute approximate surface area is 241 Å². The summed E-state index contributed by atoms with van der Waals surface area (Å²) in [6, 6.07) is -0.174. The van der Waals surface area contributed by atoms with Crippen molar-refractivity contribution >= 4 is 35.2 Å². The van der Waals surface area contributed by atoms with E-state index in [9.17, 15) is 22.8 Å². The summed E-state index contributed by atoms with van der Waals surface area (Å²) >= 11 is 8.06. The Bertz CT molecular complexity index is 902. The summed E-state index contributed by atoms with van der Waals surface area (Å²) in [5.41, 5.74) is -0.388. The molecule has 0 spiro atoms. The largest absolute Gasteiger partial charge is 0.522 e. The molecule has 0 bridgehead atoms. The first kappa shape index (κ1) is 30.6. The van der Waals surface area contributed by atoms with E-state index in [0.29, 0.717) is 38.6 Å². The van der Waals surface area contributed by atoms with E-state index in [1.54, 1.807) is 23.8 Å². The minimum atomic E-state index is -4.68. The lowest BCUT2D eigenvalue weighted by Gasteiger charge is -2.45. The van der Waals surface area contributed by atoms with Crippen molar-refractivity contribution in [2.45, 2.75) is 85.6 Å². The number of nitrogens with zero attached hydrogens (tertiary/aromatic N) is 1. The van der Waals surface area contributed by atoms with Crippen molar-refractivity contribution in [3.63, 3.8) is 0 Å². The molecule has 2 amide bonds. The van der Waals surface area contributed by atoms with Crippen LogP contribution < -0.4 is 26.6 Å². The van der Waals surface area contributed by atoms with Crippen LogP contribution in [0.3, 0.4) is 0 Å². The zero-order chi connectivity index (χ0) is 28.6. The molecular weight excluding hydrogens is 573 g/mol. The van der Waals surface area contributed by atoms with Crippen LogP contribution in [0.15, 0.2) is 0 Å². The quantitative estimate of drug-likeness (QED) is 0.219. The molecule has 40 heavy (non-hydrogen) atoms. The number of amides is 2. The summed E-state index contributed by atoms with van der Waals surface area (Å²) in [7, 11) is 1.71. The normalized spacial score (nSPS) is 42.5. The minimum Gasteiger partial charge on any atom is -0.380 e. The SMILES string of the molecule is COC1CNC(Cl)CC1C1CC(C)NCC1C(=O)NC1NC2CN(C(=O)C3CCC(OC(F)(F)F)CN3)CC2S1. The molecule has 11 atom stereocenters. The van der Waals surface area contributed by atoms with Gasteiger partial charge >= 0.3 is 6.36 Å². The number of halogens is 4. The zero-order valence-corrected chi connectivity index (χ0v) is 24.3. The molecule has 5 fully saturated rings. The van der Waals surface area contributed by atoms with Crippen molar-refractivity contribution in [3.05, 3.63) is 0 Å². The average Bonchev–Trinajstić information content (AvgIpc) is 3.46. The first-order chi connectivity index (χ1) is 19.0. The van der Waals surface area contributed by atoms with Gasteiger partial charge in [0.25, 0.3) is 0 Å². The standard InChI is InChI=1S/C25H40ClF3N6O4S/c1-12-5-14(15-6-21(26)32-9-19(15)38-2)16(8-30-12)22(36)34-24-33-18-10-35(11-20(18)40-24)23(37)17-4-3-13(7-31-17)39-25(27,28)29/h12-21,24,30-33H,3-11H2,1-2H3,(H,34,36). The third-order valence-electron chi connectivity index (χ3n) is 9.01. The lowest BCUT2D eigenvalue weighted by atomic mass is 9.70. The molecule has 5 rings (SSSR count). The van der Waals surface area contributed by atoms with Gasteiger partial charge in [0, 0.05) is 57.2 Å². The van der Waals surface area contributed by atoms with Crippen LogP contribution in [0.25, 0.3) is 0 Å². The number of thioether (sulfide) groups is 1. The number of fused-ring (bicyclic) bond motifs is 1. The zero-order valence-electron chi connectivity index (χ0n) is 22.7. The molecule has 11 unspecified atom stereocenters. The number of methoxy groups -OCH3 is 1.